The highest BCUT2D eigenvalue weighted by Gasteiger charge is 1.99. The molecule has 1 rings (SSSR count). The maximum atomic E-state index is 11.2. The van der Waals surface area contributed by atoms with E-state index in [9.17, 15) is 4.79 Å². The van der Waals surface area contributed by atoms with Crippen LogP contribution in [-0.2, 0) is 4.79 Å². The minimum atomic E-state index is 0.0627. The minimum absolute atomic E-state index is 0.0627. The molecule has 3 N–H and O–H groups in total. The first-order valence-electron chi connectivity index (χ1n) is 5.39. The predicted octanol–water partition coefficient (Wildman–Crippen LogP) is 1.06. The lowest BCUT2D eigenvalue weighted by molar-refractivity contribution is -0.120. The molecule has 0 spiro atoms. The Morgan fingerprint density at radius 3 is 2.81 bits per heavy atom. The second-order valence-corrected chi connectivity index (χ2v) is 3.34. The molecule has 0 aromatic carbocycles. The van der Waals surface area contributed by atoms with Gasteiger partial charge in [-0.15, -0.1) is 0 Å². The Kier molecular flexibility index (Phi) is 5.11. The highest BCUT2D eigenvalue weighted by Crippen LogP contribution is 2.11. The molecule has 16 heavy (non-hydrogen) atoms. The van der Waals surface area contributed by atoms with Crippen LogP contribution in [0.25, 0.3) is 0 Å². The van der Waals surface area contributed by atoms with Crippen molar-refractivity contribution < 1.29 is 4.79 Å². The number of aromatic nitrogens is 1. The van der Waals surface area contributed by atoms with Gasteiger partial charge in [-0.1, -0.05) is 0 Å². The van der Waals surface area contributed by atoms with E-state index in [1.165, 1.54) is 0 Å². The number of anilines is 2. The SMILES string of the molecule is CCNC(=O)CCNc1cncc(NC)c1. The zero-order chi connectivity index (χ0) is 11.8. The molecule has 1 aromatic heterocycles. The lowest BCUT2D eigenvalue weighted by atomic mass is 10.3. The van der Waals surface area contributed by atoms with Crippen LogP contribution < -0.4 is 16.0 Å². The summed E-state index contributed by atoms with van der Waals surface area (Å²) in [6, 6.07) is 1.95. The van der Waals surface area contributed by atoms with Crippen LogP contribution in [0.2, 0.25) is 0 Å². The average molecular weight is 222 g/mol. The number of amides is 1. The minimum Gasteiger partial charge on any atom is -0.387 e. The molecular formula is C11H18N4O. The summed E-state index contributed by atoms with van der Waals surface area (Å²) in [7, 11) is 1.84. The molecule has 0 aliphatic rings. The summed E-state index contributed by atoms with van der Waals surface area (Å²) in [5, 5.41) is 8.90. The van der Waals surface area contributed by atoms with E-state index in [-0.39, 0.29) is 5.91 Å². The van der Waals surface area contributed by atoms with E-state index in [4.69, 9.17) is 0 Å². The van der Waals surface area contributed by atoms with Crippen molar-refractivity contribution in [3.63, 3.8) is 0 Å². The van der Waals surface area contributed by atoms with Crippen LogP contribution in [0, 0.1) is 0 Å². The Labute approximate surface area is 95.7 Å². The highest BCUT2D eigenvalue weighted by molar-refractivity contribution is 5.76. The second kappa shape index (κ2) is 6.66. The third kappa shape index (κ3) is 4.16. The van der Waals surface area contributed by atoms with Gasteiger partial charge in [0.25, 0.3) is 0 Å². The van der Waals surface area contributed by atoms with Crippen LogP contribution in [0.4, 0.5) is 11.4 Å². The smallest absolute Gasteiger partial charge is 0.221 e. The topological polar surface area (TPSA) is 66.0 Å². The molecule has 0 radical (unpaired) electrons. The third-order valence-corrected chi connectivity index (χ3v) is 2.08. The fourth-order valence-corrected chi connectivity index (χ4v) is 1.28. The summed E-state index contributed by atoms with van der Waals surface area (Å²) in [6.45, 7) is 3.20. The van der Waals surface area contributed by atoms with Crippen molar-refractivity contribution >= 4 is 17.3 Å². The number of nitrogens with zero attached hydrogens (tertiary/aromatic N) is 1. The van der Waals surface area contributed by atoms with Crippen LogP contribution >= 0.6 is 0 Å². The van der Waals surface area contributed by atoms with Gasteiger partial charge in [0.15, 0.2) is 0 Å². The van der Waals surface area contributed by atoms with Crippen molar-refractivity contribution in [3.8, 4) is 0 Å². The highest BCUT2D eigenvalue weighted by atomic mass is 16.1. The summed E-state index contributed by atoms with van der Waals surface area (Å²) in [4.78, 5) is 15.2. The lowest BCUT2D eigenvalue weighted by Crippen LogP contribution is -2.24. The van der Waals surface area contributed by atoms with Crippen molar-refractivity contribution in [2.45, 2.75) is 13.3 Å². The molecule has 0 aliphatic carbocycles. The Morgan fingerprint density at radius 2 is 2.12 bits per heavy atom. The zero-order valence-corrected chi connectivity index (χ0v) is 9.71. The van der Waals surface area contributed by atoms with Crippen LogP contribution in [0.1, 0.15) is 13.3 Å². The fourth-order valence-electron chi connectivity index (χ4n) is 1.28. The quantitative estimate of drug-likeness (QED) is 0.673. The monoisotopic (exact) mass is 222 g/mol. The molecule has 0 unspecified atom stereocenters. The van der Waals surface area contributed by atoms with Crippen LogP contribution in [0.5, 0.6) is 0 Å². The number of nitrogens with one attached hydrogen (secondary N) is 3. The molecular weight excluding hydrogens is 204 g/mol. The van der Waals surface area contributed by atoms with Gasteiger partial charge >= 0.3 is 0 Å². The molecule has 88 valence electrons. The maximum Gasteiger partial charge on any atom is 0.221 e. The van der Waals surface area contributed by atoms with Crippen molar-refractivity contribution in [1.29, 1.82) is 0 Å². The number of pyridine rings is 1. The standard InChI is InChI=1S/C11H18N4O/c1-3-14-11(16)4-5-15-10-6-9(12-2)7-13-8-10/h6-8,12,15H,3-5H2,1-2H3,(H,14,16). The van der Waals surface area contributed by atoms with Gasteiger partial charge in [-0.05, 0) is 13.0 Å². The van der Waals surface area contributed by atoms with Crippen molar-refractivity contribution in [1.82, 2.24) is 10.3 Å². The third-order valence-electron chi connectivity index (χ3n) is 2.08. The Bertz CT molecular complexity index is 341. The number of carbonyl (C=O) groups is 1. The average Bonchev–Trinajstić information content (AvgIpc) is 2.30. The number of hydrogen-bond acceptors (Lipinski definition) is 4. The molecule has 1 aromatic rings. The largest absolute Gasteiger partial charge is 0.387 e. The molecule has 0 saturated carbocycles. The van der Waals surface area contributed by atoms with Gasteiger partial charge in [0.1, 0.15) is 0 Å². The molecule has 0 saturated heterocycles. The predicted molar refractivity (Wildman–Crippen MR) is 65.6 cm³/mol. The van der Waals surface area contributed by atoms with E-state index >= 15 is 0 Å². The van der Waals surface area contributed by atoms with Gasteiger partial charge in [-0.2, -0.15) is 0 Å². The van der Waals surface area contributed by atoms with Crippen LogP contribution in [0.3, 0.4) is 0 Å². The van der Waals surface area contributed by atoms with Gasteiger partial charge in [0, 0.05) is 26.6 Å². The summed E-state index contributed by atoms with van der Waals surface area (Å²) < 4.78 is 0. The first-order valence-corrected chi connectivity index (χ1v) is 5.39. The molecule has 1 heterocycles. The van der Waals surface area contributed by atoms with Gasteiger partial charge in [-0.25, -0.2) is 0 Å². The van der Waals surface area contributed by atoms with Crippen LogP contribution in [0.15, 0.2) is 18.5 Å². The van der Waals surface area contributed by atoms with E-state index in [0.717, 1.165) is 11.4 Å². The Balaban J connectivity index is 2.34. The van der Waals surface area contributed by atoms with Crippen molar-refractivity contribution in [2.24, 2.45) is 0 Å². The van der Waals surface area contributed by atoms with Crippen LogP contribution in [-0.4, -0.2) is 31.0 Å². The Hall–Kier alpha value is -1.78. The summed E-state index contributed by atoms with van der Waals surface area (Å²) in [6.07, 6.45) is 3.95. The van der Waals surface area contributed by atoms with E-state index in [2.05, 4.69) is 20.9 Å². The first-order chi connectivity index (χ1) is 7.76. The first kappa shape index (κ1) is 12.3. The Morgan fingerprint density at radius 1 is 1.38 bits per heavy atom. The molecule has 0 aliphatic heterocycles. The van der Waals surface area contributed by atoms with E-state index in [1.807, 2.05) is 20.0 Å². The summed E-state index contributed by atoms with van der Waals surface area (Å²) in [5.74, 6) is 0.0627. The van der Waals surface area contributed by atoms with E-state index in [1.54, 1.807) is 12.4 Å². The normalized spacial score (nSPS) is 9.62. The van der Waals surface area contributed by atoms with Gasteiger partial charge in [0.05, 0.1) is 23.8 Å². The molecule has 5 heteroatoms. The summed E-state index contributed by atoms with van der Waals surface area (Å²) in [5.41, 5.74) is 1.86. The van der Waals surface area contributed by atoms with Gasteiger partial charge < -0.3 is 16.0 Å². The van der Waals surface area contributed by atoms with E-state index in [0.29, 0.717) is 19.5 Å². The molecule has 0 fully saturated rings. The number of rotatable bonds is 6. The van der Waals surface area contributed by atoms with E-state index < -0.39 is 0 Å². The molecule has 0 bridgehead atoms. The fraction of sp³-hybridized carbons (Fsp3) is 0.455. The maximum absolute atomic E-state index is 11.2. The molecule has 5 nitrogen and oxygen atoms in total. The van der Waals surface area contributed by atoms with Gasteiger partial charge in [-0.3, -0.25) is 9.78 Å². The summed E-state index contributed by atoms with van der Waals surface area (Å²) >= 11 is 0. The number of carbonyl (C=O) groups excluding carboxylic acids is 1. The lowest BCUT2D eigenvalue weighted by Gasteiger charge is -2.07. The molecule has 1 amide bonds. The van der Waals surface area contributed by atoms with Crippen molar-refractivity contribution in [3.05, 3.63) is 18.5 Å². The molecule has 0 atom stereocenters. The van der Waals surface area contributed by atoms with Crippen molar-refractivity contribution in [2.75, 3.05) is 30.8 Å². The zero-order valence-electron chi connectivity index (χ0n) is 9.71. The number of hydrogen-bond donors (Lipinski definition) is 3. The van der Waals surface area contributed by atoms with Gasteiger partial charge in [0.2, 0.25) is 5.91 Å². The second-order valence-electron chi connectivity index (χ2n) is 3.34.